The average molecular weight is 348 g/mol. The third-order valence-corrected chi connectivity index (χ3v) is 5.80. The molecule has 4 rings (SSSR count). The van der Waals surface area contributed by atoms with Gasteiger partial charge in [-0.3, -0.25) is 14.8 Å². The van der Waals surface area contributed by atoms with E-state index in [1.807, 2.05) is 12.1 Å². The summed E-state index contributed by atoms with van der Waals surface area (Å²) in [6.07, 6.45) is 7.91. The first-order valence-electron chi connectivity index (χ1n) is 8.22. The first-order chi connectivity index (χ1) is 12.2. The van der Waals surface area contributed by atoms with Crippen molar-refractivity contribution in [2.75, 3.05) is 5.32 Å². The maximum atomic E-state index is 12.8. The number of hydrogen-bond acceptors (Lipinski definition) is 5. The molecule has 6 heteroatoms. The normalized spacial score (nSPS) is 16.2. The minimum Gasteiger partial charge on any atom is -0.311 e. The van der Waals surface area contributed by atoms with Crippen LogP contribution in [0.2, 0.25) is 0 Å². The average Bonchev–Trinajstić information content (AvgIpc) is 2.97. The fraction of sp³-hybridized carbons (Fsp3) is 0.263. The lowest BCUT2D eigenvalue weighted by atomic mass is 9.88. The van der Waals surface area contributed by atoms with Gasteiger partial charge in [0, 0.05) is 28.9 Å². The molecule has 3 aromatic heterocycles. The second-order valence-electron chi connectivity index (χ2n) is 6.38. The number of nitriles is 1. The monoisotopic (exact) mass is 348 g/mol. The van der Waals surface area contributed by atoms with Gasteiger partial charge in [0.2, 0.25) is 0 Å². The fourth-order valence-electron chi connectivity index (χ4n) is 3.31. The van der Waals surface area contributed by atoms with Crippen LogP contribution < -0.4 is 5.32 Å². The quantitative estimate of drug-likeness (QED) is 0.761. The maximum absolute atomic E-state index is 12.8. The standard InChI is InChI=1S/C19H16N4OS/c1-11-2-3-13-14(9-20)19(25-16(13)8-11)23-18(24)17-15-10-21-6-4-12(15)5-7-22-17/h4-7,10-11H,2-3,8H2,1H3,(H,23,24). The number of thiophene rings is 1. The van der Waals surface area contributed by atoms with E-state index in [-0.39, 0.29) is 5.91 Å². The Bertz CT molecular complexity index is 1010. The lowest BCUT2D eigenvalue weighted by Crippen LogP contribution is -2.14. The van der Waals surface area contributed by atoms with E-state index in [9.17, 15) is 10.1 Å². The summed E-state index contributed by atoms with van der Waals surface area (Å²) in [4.78, 5) is 22.3. The molecule has 1 aliphatic carbocycles. The van der Waals surface area contributed by atoms with Crippen molar-refractivity contribution in [2.45, 2.75) is 26.2 Å². The predicted octanol–water partition coefficient (Wildman–Crippen LogP) is 3.94. The van der Waals surface area contributed by atoms with Crippen molar-refractivity contribution in [1.29, 1.82) is 5.26 Å². The molecule has 3 heterocycles. The molecule has 0 spiro atoms. The molecule has 1 amide bonds. The number of pyridine rings is 2. The van der Waals surface area contributed by atoms with Crippen LogP contribution in [0.5, 0.6) is 0 Å². The van der Waals surface area contributed by atoms with Gasteiger partial charge >= 0.3 is 0 Å². The van der Waals surface area contributed by atoms with Gasteiger partial charge in [0.15, 0.2) is 0 Å². The SMILES string of the molecule is CC1CCc2c(sc(NC(=O)c3nccc4ccncc34)c2C#N)C1. The van der Waals surface area contributed by atoms with Gasteiger partial charge < -0.3 is 5.32 Å². The van der Waals surface area contributed by atoms with E-state index in [0.717, 1.165) is 30.2 Å². The largest absolute Gasteiger partial charge is 0.311 e. The number of aromatic nitrogens is 2. The number of rotatable bonds is 2. The van der Waals surface area contributed by atoms with E-state index in [2.05, 4.69) is 28.3 Å². The van der Waals surface area contributed by atoms with E-state index < -0.39 is 0 Å². The van der Waals surface area contributed by atoms with Crippen LogP contribution in [0, 0.1) is 17.2 Å². The molecular formula is C19H16N4OS. The number of anilines is 1. The van der Waals surface area contributed by atoms with Gasteiger partial charge in [-0.05, 0) is 48.3 Å². The molecule has 1 N–H and O–H groups in total. The molecule has 0 fully saturated rings. The van der Waals surface area contributed by atoms with Crippen molar-refractivity contribution in [3.63, 3.8) is 0 Å². The van der Waals surface area contributed by atoms with Gasteiger partial charge in [-0.25, -0.2) is 0 Å². The third-order valence-electron chi connectivity index (χ3n) is 4.63. The summed E-state index contributed by atoms with van der Waals surface area (Å²) < 4.78 is 0. The highest BCUT2D eigenvalue weighted by Gasteiger charge is 2.25. The predicted molar refractivity (Wildman–Crippen MR) is 97.7 cm³/mol. The first-order valence-corrected chi connectivity index (χ1v) is 9.03. The summed E-state index contributed by atoms with van der Waals surface area (Å²) in [5.74, 6) is 0.314. The summed E-state index contributed by atoms with van der Waals surface area (Å²) in [6.45, 7) is 2.22. The first kappa shape index (κ1) is 15.7. The van der Waals surface area contributed by atoms with Gasteiger partial charge in [-0.2, -0.15) is 5.26 Å². The number of carbonyl (C=O) groups is 1. The van der Waals surface area contributed by atoms with Crippen molar-refractivity contribution in [3.8, 4) is 6.07 Å². The van der Waals surface area contributed by atoms with E-state index in [1.165, 1.54) is 16.2 Å². The summed E-state index contributed by atoms with van der Waals surface area (Å²) in [5, 5.41) is 14.7. The Morgan fingerprint density at radius 3 is 3.08 bits per heavy atom. The highest BCUT2D eigenvalue weighted by atomic mass is 32.1. The van der Waals surface area contributed by atoms with Crippen LogP contribution >= 0.6 is 11.3 Å². The summed E-state index contributed by atoms with van der Waals surface area (Å²) in [7, 11) is 0. The molecule has 1 aliphatic rings. The number of nitrogens with zero attached hydrogens (tertiary/aromatic N) is 3. The van der Waals surface area contributed by atoms with Crippen LogP contribution in [0.25, 0.3) is 10.8 Å². The van der Waals surface area contributed by atoms with Crippen LogP contribution in [-0.2, 0) is 12.8 Å². The molecule has 0 radical (unpaired) electrons. The molecule has 1 atom stereocenters. The maximum Gasteiger partial charge on any atom is 0.275 e. The fourth-order valence-corrected chi connectivity index (χ4v) is 4.67. The minimum atomic E-state index is -0.304. The summed E-state index contributed by atoms with van der Waals surface area (Å²) in [5.41, 5.74) is 2.04. The van der Waals surface area contributed by atoms with Gasteiger partial charge in [0.25, 0.3) is 5.91 Å². The van der Waals surface area contributed by atoms with Gasteiger partial charge in [0.05, 0.1) is 5.56 Å². The van der Waals surface area contributed by atoms with Crippen molar-refractivity contribution in [1.82, 2.24) is 9.97 Å². The number of carbonyl (C=O) groups excluding carboxylic acids is 1. The molecular weight excluding hydrogens is 332 g/mol. The van der Waals surface area contributed by atoms with Crippen molar-refractivity contribution >= 4 is 33.0 Å². The van der Waals surface area contributed by atoms with Crippen LogP contribution in [0.4, 0.5) is 5.00 Å². The molecule has 3 aromatic rings. The zero-order chi connectivity index (χ0) is 17.4. The van der Waals surface area contributed by atoms with E-state index in [1.54, 1.807) is 18.6 Å². The van der Waals surface area contributed by atoms with Gasteiger partial charge in [-0.15, -0.1) is 11.3 Å². The Balaban J connectivity index is 1.71. The molecule has 1 unspecified atom stereocenters. The van der Waals surface area contributed by atoms with E-state index in [4.69, 9.17) is 0 Å². The molecule has 5 nitrogen and oxygen atoms in total. The summed E-state index contributed by atoms with van der Waals surface area (Å²) >= 11 is 1.52. The van der Waals surface area contributed by atoms with Crippen LogP contribution in [-0.4, -0.2) is 15.9 Å². The van der Waals surface area contributed by atoms with Gasteiger partial charge in [0.1, 0.15) is 16.8 Å². The number of fused-ring (bicyclic) bond motifs is 2. The van der Waals surface area contributed by atoms with Gasteiger partial charge in [-0.1, -0.05) is 6.92 Å². The zero-order valence-corrected chi connectivity index (χ0v) is 14.6. The molecule has 0 aromatic carbocycles. The van der Waals surface area contributed by atoms with Crippen LogP contribution in [0.15, 0.2) is 30.7 Å². The highest BCUT2D eigenvalue weighted by molar-refractivity contribution is 7.16. The summed E-state index contributed by atoms with van der Waals surface area (Å²) in [6, 6.07) is 5.97. The minimum absolute atomic E-state index is 0.304. The Labute approximate surface area is 149 Å². The van der Waals surface area contributed by atoms with Crippen LogP contribution in [0.3, 0.4) is 0 Å². The number of nitrogens with one attached hydrogen (secondary N) is 1. The molecule has 0 saturated carbocycles. The molecule has 25 heavy (non-hydrogen) atoms. The number of hydrogen-bond donors (Lipinski definition) is 1. The van der Waals surface area contributed by atoms with E-state index >= 15 is 0 Å². The second kappa shape index (κ2) is 6.26. The Hall–Kier alpha value is -2.78. The Morgan fingerprint density at radius 2 is 2.24 bits per heavy atom. The highest BCUT2D eigenvalue weighted by Crippen LogP contribution is 2.39. The Morgan fingerprint density at radius 1 is 1.40 bits per heavy atom. The zero-order valence-electron chi connectivity index (χ0n) is 13.7. The van der Waals surface area contributed by atoms with Crippen molar-refractivity contribution < 1.29 is 4.79 Å². The topological polar surface area (TPSA) is 78.7 Å². The molecule has 0 aliphatic heterocycles. The van der Waals surface area contributed by atoms with Crippen molar-refractivity contribution in [2.24, 2.45) is 5.92 Å². The van der Waals surface area contributed by atoms with Crippen LogP contribution in [0.1, 0.15) is 39.8 Å². The van der Waals surface area contributed by atoms with Crippen molar-refractivity contribution in [3.05, 3.63) is 52.4 Å². The smallest absolute Gasteiger partial charge is 0.275 e. The molecule has 0 bridgehead atoms. The number of amides is 1. The van der Waals surface area contributed by atoms with E-state index in [0.29, 0.717) is 27.6 Å². The molecule has 124 valence electrons. The third kappa shape index (κ3) is 2.77. The molecule has 0 saturated heterocycles. The lowest BCUT2D eigenvalue weighted by molar-refractivity contribution is 0.102. The second-order valence-corrected chi connectivity index (χ2v) is 7.48. The lowest BCUT2D eigenvalue weighted by Gasteiger charge is -2.17. The Kier molecular flexibility index (Phi) is 3.94.